The van der Waals surface area contributed by atoms with Gasteiger partial charge in [-0.2, -0.15) is 5.10 Å². The van der Waals surface area contributed by atoms with Crippen molar-refractivity contribution in [1.29, 1.82) is 0 Å². The summed E-state index contributed by atoms with van der Waals surface area (Å²) in [5.41, 5.74) is 9.75. The van der Waals surface area contributed by atoms with Crippen LogP contribution in [0.2, 0.25) is 0 Å². The number of fused-ring (bicyclic) bond motifs is 1. The lowest BCUT2D eigenvalue weighted by atomic mass is 10.1. The molecule has 2 heterocycles. The SMILES string of the molecule is Cn1nc(-c2ccccc2)nc1-c1c(N)sc2c1CCC2. The lowest BCUT2D eigenvalue weighted by molar-refractivity contribution is 0.776. The predicted octanol–water partition coefficient (Wildman–Crippen LogP) is 3.28. The van der Waals surface area contributed by atoms with Crippen LogP contribution in [0, 0.1) is 0 Å². The molecule has 0 spiro atoms. The van der Waals surface area contributed by atoms with E-state index in [9.17, 15) is 0 Å². The highest BCUT2D eigenvalue weighted by Crippen LogP contribution is 2.42. The van der Waals surface area contributed by atoms with Gasteiger partial charge in [-0.3, -0.25) is 0 Å². The molecule has 1 aliphatic rings. The Morgan fingerprint density at radius 1 is 1.19 bits per heavy atom. The van der Waals surface area contributed by atoms with Gasteiger partial charge >= 0.3 is 0 Å². The molecule has 106 valence electrons. The molecule has 4 rings (SSSR count). The number of nitrogens with two attached hydrogens (primary N) is 1. The van der Waals surface area contributed by atoms with Crippen LogP contribution in [0.3, 0.4) is 0 Å². The van der Waals surface area contributed by atoms with Crippen LogP contribution in [0.4, 0.5) is 5.00 Å². The largest absolute Gasteiger partial charge is 0.390 e. The minimum absolute atomic E-state index is 0.755. The molecule has 0 aliphatic heterocycles. The summed E-state index contributed by atoms with van der Waals surface area (Å²) in [4.78, 5) is 6.16. The molecule has 5 heteroatoms. The number of aryl methyl sites for hydroxylation is 2. The van der Waals surface area contributed by atoms with E-state index in [1.54, 1.807) is 11.3 Å². The molecular weight excluding hydrogens is 280 g/mol. The first-order valence-electron chi connectivity index (χ1n) is 7.11. The van der Waals surface area contributed by atoms with Crippen molar-refractivity contribution in [3.63, 3.8) is 0 Å². The van der Waals surface area contributed by atoms with Gasteiger partial charge in [-0.1, -0.05) is 30.3 Å². The van der Waals surface area contributed by atoms with Gasteiger partial charge in [0.05, 0.1) is 10.6 Å². The average Bonchev–Trinajstić information content (AvgIpc) is 3.15. The molecule has 1 aliphatic carbocycles. The summed E-state index contributed by atoms with van der Waals surface area (Å²) < 4.78 is 1.85. The van der Waals surface area contributed by atoms with Crippen LogP contribution >= 0.6 is 11.3 Å². The molecule has 0 atom stereocenters. The third-order valence-corrected chi connectivity index (χ3v) is 5.09. The molecule has 0 fully saturated rings. The van der Waals surface area contributed by atoms with Gasteiger partial charge in [0.25, 0.3) is 0 Å². The van der Waals surface area contributed by atoms with Gasteiger partial charge in [0.2, 0.25) is 0 Å². The van der Waals surface area contributed by atoms with Crippen molar-refractivity contribution < 1.29 is 0 Å². The van der Waals surface area contributed by atoms with Crippen molar-refractivity contribution >= 4 is 16.3 Å². The van der Waals surface area contributed by atoms with Crippen LogP contribution in [-0.2, 0) is 19.9 Å². The highest BCUT2D eigenvalue weighted by molar-refractivity contribution is 7.16. The van der Waals surface area contributed by atoms with Crippen LogP contribution in [0.1, 0.15) is 16.9 Å². The number of nitrogens with zero attached hydrogens (tertiary/aromatic N) is 3. The van der Waals surface area contributed by atoms with Gasteiger partial charge in [-0.15, -0.1) is 11.3 Å². The van der Waals surface area contributed by atoms with Crippen molar-refractivity contribution in [3.05, 3.63) is 40.8 Å². The van der Waals surface area contributed by atoms with Gasteiger partial charge in [0.1, 0.15) is 0 Å². The van der Waals surface area contributed by atoms with E-state index in [-0.39, 0.29) is 0 Å². The van der Waals surface area contributed by atoms with E-state index in [1.165, 1.54) is 16.9 Å². The van der Waals surface area contributed by atoms with Crippen molar-refractivity contribution in [2.24, 2.45) is 7.05 Å². The number of nitrogen functional groups attached to an aromatic ring is 1. The summed E-state index contributed by atoms with van der Waals surface area (Å²) in [6.07, 6.45) is 3.47. The fraction of sp³-hybridized carbons (Fsp3) is 0.250. The fourth-order valence-electron chi connectivity index (χ4n) is 2.98. The number of hydrogen-bond donors (Lipinski definition) is 1. The molecule has 0 saturated heterocycles. The zero-order valence-electron chi connectivity index (χ0n) is 11.8. The van der Waals surface area contributed by atoms with Crippen LogP contribution < -0.4 is 5.73 Å². The van der Waals surface area contributed by atoms with Gasteiger partial charge in [-0.05, 0) is 24.8 Å². The summed E-state index contributed by atoms with van der Waals surface area (Å²) in [5, 5.41) is 5.43. The number of anilines is 1. The number of benzene rings is 1. The smallest absolute Gasteiger partial charge is 0.181 e. The predicted molar refractivity (Wildman–Crippen MR) is 86.2 cm³/mol. The standard InChI is InChI=1S/C16H16N4S/c1-20-16(13-11-8-5-9-12(11)21-14(13)17)18-15(19-20)10-6-3-2-4-7-10/h2-4,6-7H,5,8-9,17H2,1H3. The third-order valence-electron chi connectivity index (χ3n) is 3.97. The highest BCUT2D eigenvalue weighted by Gasteiger charge is 2.25. The minimum Gasteiger partial charge on any atom is -0.390 e. The Kier molecular flexibility index (Phi) is 2.82. The van der Waals surface area contributed by atoms with E-state index in [2.05, 4.69) is 5.10 Å². The van der Waals surface area contributed by atoms with Crippen molar-refractivity contribution in [3.8, 4) is 22.8 Å². The number of aromatic nitrogens is 3. The Morgan fingerprint density at radius 3 is 2.81 bits per heavy atom. The second-order valence-electron chi connectivity index (χ2n) is 5.35. The second kappa shape index (κ2) is 4.70. The second-order valence-corrected chi connectivity index (χ2v) is 6.48. The van der Waals surface area contributed by atoms with Crippen LogP contribution in [0.15, 0.2) is 30.3 Å². The maximum Gasteiger partial charge on any atom is 0.181 e. The summed E-state index contributed by atoms with van der Waals surface area (Å²) in [7, 11) is 1.94. The first kappa shape index (κ1) is 12.6. The highest BCUT2D eigenvalue weighted by atomic mass is 32.1. The van der Waals surface area contributed by atoms with Crippen molar-refractivity contribution in [1.82, 2.24) is 14.8 Å². The van der Waals surface area contributed by atoms with E-state index in [1.807, 2.05) is 42.1 Å². The molecule has 0 radical (unpaired) electrons. The minimum atomic E-state index is 0.755. The Bertz CT molecular complexity index is 801. The zero-order valence-corrected chi connectivity index (χ0v) is 12.7. The van der Waals surface area contributed by atoms with Gasteiger partial charge in [-0.25, -0.2) is 9.67 Å². The van der Waals surface area contributed by atoms with E-state index >= 15 is 0 Å². The number of thiophene rings is 1. The molecule has 0 bridgehead atoms. The Hall–Kier alpha value is -2.14. The maximum absolute atomic E-state index is 6.24. The lowest BCUT2D eigenvalue weighted by Crippen LogP contribution is -1.97. The molecule has 0 unspecified atom stereocenters. The molecule has 2 N–H and O–H groups in total. The van der Waals surface area contributed by atoms with E-state index < -0.39 is 0 Å². The van der Waals surface area contributed by atoms with E-state index in [0.29, 0.717) is 0 Å². The van der Waals surface area contributed by atoms with E-state index in [0.717, 1.165) is 40.6 Å². The quantitative estimate of drug-likeness (QED) is 0.789. The molecule has 4 nitrogen and oxygen atoms in total. The summed E-state index contributed by atoms with van der Waals surface area (Å²) in [5.74, 6) is 1.64. The monoisotopic (exact) mass is 296 g/mol. The zero-order chi connectivity index (χ0) is 14.4. The number of hydrogen-bond acceptors (Lipinski definition) is 4. The van der Waals surface area contributed by atoms with Crippen molar-refractivity contribution in [2.75, 3.05) is 5.73 Å². The molecule has 2 aromatic heterocycles. The Morgan fingerprint density at radius 2 is 2.00 bits per heavy atom. The normalized spacial score (nSPS) is 13.6. The Balaban J connectivity index is 1.86. The van der Waals surface area contributed by atoms with Crippen molar-refractivity contribution in [2.45, 2.75) is 19.3 Å². The first-order valence-corrected chi connectivity index (χ1v) is 7.92. The average molecular weight is 296 g/mol. The molecule has 0 saturated carbocycles. The first-order chi connectivity index (χ1) is 10.2. The summed E-state index contributed by atoms with van der Waals surface area (Å²) >= 11 is 1.71. The van der Waals surface area contributed by atoms with Crippen LogP contribution in [-0.4, -0.2) is 14.8 Å². The maximum atomic E-state index is 6.24. The van der Waals surface area contributed by atoms with Crippen LogP contribution in [0.25, 0.3) is 22.8 Å². The molecular formula is C16H16N4S. The van der Waals surface area contributed by atoms with Gasteiger partial charge < -0.3 is 5.73 Å². The summed E-state index contributed by atoms with van der Waals surface area (Å²) in [6.45, 7) is 0. The van der Waals surface area contributed by atoms with Crippen LogP contribution in [0.5, 0.6) is 0 Å². The number of rotatable bonds is 2. The molecule has 21 heavy (non-hydrogen) atoms. The topological polar surface area (TPSA) is 56.7 Å². The molecule has 0 amide bonds. The van der Waals surface area contributed by atoms with Gasteiger partial charge in [0, 0.05) is 17.5 Å². The lowest BCUT2D eigenvalue weighted by Gasteiger charge is -2.02. The van der Waals surface area contributed by atoms with E-state index in [4.69, 9.17) is 10.7 Å². The molecule has 3 aromatic rings. The van der Waals surface area contributed by atoms with Gasteiger partial charge in [0.15, 0.2) is 11.6 Å². The Labute approximate surface area is 127 Å². The molecule has 1 aromatic carbocycles. The fourth-order valence-corrected chi connectivity index (χ4v) is 4.14. The third kappa shape index (κ3) is 1.96. The summed E-state index contributed by atoms with van der Waals surface area (Å²) in [6, 6.07) is 10.1.